The first-order valence-corrected chi connectivity index (χ1v) is 9.04. The maximum Gasteiger partial charge on any atom is 0.410 e. The average Bonchev–Trinajstić information content (AvgIpc) is 2.99. The number of amides is 1. The van der Waals surface area contributed by atoms with Gasteiger partial charge in [0.15, 0.2) is 6.04 Å². The third-order valence-electron chi connectivity index (χ3n) is 5.32. The van der Waals surface area contributed by atoms with Crippen LogP contribution in [0.1, 0.15) is 24.0 Å². The number of carboxylic acid groups (broad SMARTS) is 1. The summed E-state index contributed by atoms with van der Waals surface area (Å²) in [4.78, 5) is 25.4. The lowest BCUT2D eigenvalue weighted by Crippen LogP contribution is -2.56. The molecule has 0 bridgehead atoms. The molecule has 1 heterocycles. The van der Waals surface area contributed by atoms with Gasteiger partial charge in [-0.3, -0.25) is 4.90 Å². The molecule has 140 valence electrons. The van der Waals surface area contributed by atoms with Crippen LogP contribution in [0.3, 0.4) is 0 Å². The lowest BCUT2D eigenvalue weighted by molar-refractivity contribution is -0.153. The number of nitrogens with zero attached hydrogens (tertiary/aromatic N) is 1. The topological polar surface area (TPSA) is 76.1 Å². The van der Waals surface area contributed by atoms with Crippen molar-refractivity contribution in [3.8, 4) is 11.1 Å². The van der Waals surface area contributed by atoms with Gasteiger partial charge in [0.1, 0.15) is 6.61 Å². The molecule has 0 saturated carbocycles. The number of hydrogen-bond acceptors (Lipinski definition) is 4. The normalized spacial score (nSPS) is 21.4. The van der Waals surface area contributed by atoms with Gasteiger partial charge in [0.05, 0.1) is 12.7 Å². The minimum absolute atomic E-state index is 0.0527. The molecule has 1 amide bonds. The second kappa shape index (κ2) is 7.04. The second-order valence-electron chi connectivity index (χ2n) is 6.86. The van der Waals surface area contributed by atoms with Gasteiger partial charge in [-0.15, -0.1) is 0 Å². The van der Waals surface area contributed by atoms with E-state index in [-0.39, 0.29) is 19.1 Å². The molecular weight excluding hydrogens is 346 g/mol. The summed E-state index contributed by atoms with van der Waals surface area (Å²) in [5.74, 6) is -1.14. The van der Waals surface area contributed by atoms with E-state index in [4.69, 9.17) is 9.47 Å². The number of carboxylic acids is 1. The fraction of sp³-hybridized carbons (Fsp3) is 0.333. The molecule has 1 N–H and O–H groups in total. The van der Waals surface area contributed by atoms with Crippen LogP contribution in [-0.4, -0.2) is 54.0 Å². The number of morpholine rings is 1. The smallest absolute Gasteiger partial charge is 0.410 e. The highest BCUT2D eigenvalue weighted by atomic mass is 16.6. The fourth-order valence-corrected chi connectivity index (χ4v) is 4.04. The molecule has 6 heteroatoms. The molecule has 2 aromatic rings. The molecule has 1 aliphatic carbocycles. The molecule has 0 spiro atoms. The van der Waals surface area contributed by atoms with E-state index >= 15 is 0 Å². The molecule has 6 nitrogen and oxygen atoms in total. The molecule has 2 aromatic carbocycles. The number of carbonyl (C=O) groups is 2. The van der Waals surface area contributed by atoms with Gasteiger partial charge in [-0.2, -0.15) is 0 Å². The van der Waals surface area contributed by atoms with Crippen molar-refractivity contribution in [2.24, 2.45) is 0 Å². The van der Waals surface area contributed by atoms with E-state index in [1.54, 1.807) is 6.92 Å². The maximum atomic E-state index is 12.6. The van der Waals surface area contributed by atoms with Crippen LogP contribution in [0.15, 0.2) is 48.5 Å². The van der Waals surface area contributed by atoms with Crippen molar-refractivity contribution < 1.29 is 24.2 Å². The van der Waals surface area contributed by atoms with Gasteiger partial charge >= 0.3 is 12.1 Å². The van der Waals surface area contributed by atoms with Gasteiger partial charge in [-0.25, -0.2) is 9.59 Å². The van der Waals surface area contributed by atoms with Crippen molar-refractivity contribution in [3.05, 3.63) is 59.7 Å². The number of hydrogen-bond donors (Lipinski definition) is 1. The van der Waals surface area contributed by atoms with Crippen molar-refractivity contribution in [2.75, 3.05) is 19.8 Å². The zero-order valence-electron chi connectivity index (χ0n) is 15.0. The number of ether oxygens (including phenoxy) is 2. The zero-order valence-corrected chi connectivity index (χ0v) is 15.0. The molecule has 2 aliphatic rings. The molecule has 2 atom stereocenters. The Labute approximate surface area is 157 Å². The van der Waals surface area contributed by atoms with Crippen LogP contribution in [0.4, 0.5) is 4.79 Å². The van der Waals surface area contributed by atoms with Crippen LogP contribution in [0, 0.1) is 0 Å². The second-order valence-corrected chi connectivity index (χ2v) is 6.86. The van der Waals surface area contributed by atoms with Gasteiger partial charge < -0.3 is 14.6 Å². The molecule has 1 saturated heterocycles. The number of fused-ring (bicyclic) bond motifs is 3. The predicted molar refractivity (Wildman–Crippen MR) is 98.6 cm³/mol. The molecule has 4 rings (SSSR count). The van der Waals surface area contributed by atoms with Gasteiger partial charge in [0.2, 0.25) is 0 Å². The summed E-state index contributed by atoms with van der Waals surface area (Å²) in [7, 11) is 0. The number of rotatable bonds is 3. The summed E-state index contributed by atoms with van der Waals surface area (Å²) in [6.07, 6.45) is -1.18. The summed E-state index contributed by atoms with van der Waals surface area (Å²) in [5.41, 5.74) is 4.54. The molecular formula is C21H21NO5. The van der Waals surface area contributed by atoms with Gasteiger partial charge in [-0.05, 0) is 29.2 Å². The molecule has 0 unspecified atom stereocenters. The highest BCUT2D eigenvalue weighted by Gasteiger charge is 2.39. The van der Waals surface area contributed by atoms with Crippen LogP contribution in [0.2, 0.25) is 0 Å². The Morgan fingerprint density at radius 3 is 2.30 bits per heavy atom. The standard InChI is InChI=1S/C21H21NO5/c1-13-19(20(23)24)22(10-11-26-13)21(25)27-12-18-16-8-4-2-6-14(16)15-7-3-5-9-17(15)18/h2-9,13,18-19H,10-12H2,1H3,(H,23,24)/t13-,19-/m1/s1. The average molecular weight is 367 g/mol. The largest absolute Gasteiger partial charge is 0.480 e. The molecule has 0 radical (unpaired) electrons. The van der Waals surface area contributed by atoms with Crippen LogP contribution >= 0.6 is 0 Å². The first kappa shape index (κ1) is 17.5. The van der Waals surface area contributed by atoms with E-state index in [2.05, 4.69) is 12.1 Å². The summed E-state index contributed by atoms with van der Waals surface area (Å²) in [6.45, 7) is 2.33. The van der Waals surface area contributed by atoms with Crippen molar-refractivity contribution in [1.29, 1.82) is 0 Å². The number of benzene rings is 2. The van der Waals surface area contributed by atoms with Crippen LogP contribution in [0.5, 0.6) is 0 Å². The van der Waals surface area contributed by atoms with E-state index in [9.17, 15) is 14.7 Å². The number of carbonyl (C=O) groups excluding carboxylic acids is 1. The SMILES string of the molecule is C[C@H]1OCCN(C(=O)OCC2c3ccccc3-c3ccccc32)[C@H]1C(=O)O. The minimum Gasteiger partial charge on any atom is -0.480 e. The first-order chi connectivity index (χ1) is 13.1. The van der Waals surface area contributed by atoms with E-state index in [0.29, 0.717) is 6.61 Å². The fourth-order valence-electron chi connectivity index (χ4n) is 4.04. The van der Waals surface area contributed by atoms with E-state index < -0.39 is 24.2 Å². The first-order valence-electron chi connectivity index (χ1n) is 9.04. The van der Waals surface area contributed by atoms with Crippen molar-refractivity contribution in [3.63, 3.8) is 0 Å². The summed E-state index contributed by atoms with van der Waals surface area (Å²) in [6, 6.07) is 15.1. The monoisotopic (exact) mass is 367 g/mol. The van der Waals surface area contributed by atoms with Crippen molar-refractivity contribution in [2.45, 2.75) is 25.0 Å². The highest BCUT2D eigenvalue weighted by molar-refractivity contribution is 5.81. The van der Waals surface area contributed by atoms with Gasteiger partial charge in [0, 0.05) is 12.5 Å². The Morgan fingerprint density at radius 2 is 1.70 bits per heavy atom. The van der Waals surface area contributed by atoms with E-state index in [1.807, 2.05) is 36.4 Å². The van der Waals surface area contributed by atoms with Gasteiger partial charge in [-0.1, -0.05) is 48.5 Å². The Hall–Kier alpha value is -2.86. The lowest BCUT2D eigenvalue weighted by Gasteiger charge is -2.36. The third-order valence-corrected chi connectivity index (χ3v) is 5.32. The van der Waals surface area contributed by atoms with Gasteiger partial charge in [0.25, 0.3) is 0 Å². The Balaban J connectivity index is 1.53. The molecule has 1 aliphatic heterocycles. The van der Waals surface area contributed by atoms with E-state index in [0.717, 1.165) is 22.3 Å². The highest BCUT2D eigenvalue weighted by Crippen LogP contribution is 2.44. The molecule has 27 heavy (non-hydrogen) atoms. The van der Waals surface area contributed by atoms with Crippen molar-refractivity contribution >= 4 is 12.1 Å². The predicted octanol–water partition coefficient (Wildman–Crippen LogP) is 3.11. The zero-order chi connectivity index (χ0) is 19.0. The number of aliphatic carboxylic acids is 1. The lowest BCUT2D eigenvalue weighted by atomic mass is 9.98. The van der Waals surface area contributed by atoms with Crippen molar-refractivity contribution in [1.82, 2.24) is 4.90 Å². The third kappa shape index (κ3) is 3.06. The molecule has 0 aromatic heterocycles. The van der Waals surface area contributed by atoms with Crippen LogP contribution in [0.25, 0.3) is 11.1 Å². The summed E-state index contributed by atoms with van der Waals surface area (Å²) >= 11 is 0. The van der Waals surface area contributed by atoms with Crippen LogP contribution < -0.4 is 0 Å². The maximum absolute atomic E-state index is 12.6. The Morgan fingerprint density at radius 1 is 1.11 bits per heavy atom. The summed E-state index contributed by atoms with van der Waals surface area (Å²) in [5, 5.41) is 9.44. The Kier molecular flexibility index (Phi) is 4.58. The van der Waals surface area contributed by atoms with E-state index in [1.165, 1.54) is 4.90 Å². The molecule has 1 fully saturated rings. The Bertz CT molecular complexity index is 835. The summed E-state index contributed by atoms with van der Waals surface area (Å²) < 4.78 is 10.9. The quantitative estimate of drug-likeness (QED) is 0.902. The van der Waals surface area contributed by atoms with Crippen LogP contribution in [-0.2, 0) is 14.3 Å². The minimum atomic E-state index is -1.09.